The molecule has 0 saturated carbocycles. The molecule has 1 fully saturated rings. The molecule has 0 bridgehead atoms. The molecule has 0 aromatic rings. The maximum Gasteiger partial charge on any atom is 0.137 e. The molecule has 0 aromatic carbocycles. The van der Waals surface area contributed by atoms with E-state index in [0.717, 1.165) is 0 Å². The standard InChI is InChI=1S/C12H22O6/c1-11(13)12-10-17-7-6-15-3-2-14-4-5-16-8-9-18-12/h12-13H,1-10H2. The van der Waals surface area contributed by atoms with Gasteiger partial charge in [0.1, 0.15) is 11.9 Å². The van der Waals surface area contributed by atoms with Crippen molar-refractivity contribution in [3.63, 3.8) is 0 Å². The van der Waals surface area contributed by atoms with E-state index in [4.69, 9.17) is 23.7 Å². The zero-order chi connectivity index (χ0) is 13.1. The highest BCUT2D eigenvalue weighted by Gasteiger charge is 2.12. The number of aliphatic hydroxyl groups is 1. The number of aliphatic hydroxyl groups excluding tert-OH is 1. The molecular formula is C12H22O6. The van der Waals surface area contributed by atoms with Crippen molar-refractivity contribution >= 4 is 0 Å². The van der Waals surface area contributed by atoms with Crippen LogP contribution in [0.25, 0.3) is 0 Å². The van der Waals surface area contributed by atoms with Gasteiger partial charge in [-0.1, -0.05) is 6.58 Å². The Balaban J connectivity index is 2.26. The van der Waals surface area contributed by atoms with Crippen molar-refractivity contribution < 1.29 is 28.8 Å². The summed E-state index contributed by atoms with van der Waals surface area (Å²) >= 11 is 0. The molecule has 18 heavy (non-hydrogen) atoms. The first kappa shape index (κ1) is 15.4. The van der Waals surface area contributed by atoms with Crippen LogP contribution in [0.4, 0.5) is 0 Å². The third-order valence-electron chi connectivity index (χ3n) is 2.30. The fourth-order valence-electron chi connectivity index (χ4n) is 1.34. The van der Waals surface area contributed by atoms with E-state index in [9.17, 15) is 5.11 Å². The molecule has 0 amide bonds. The van der Waals surface area contributed by atoms with Gasteiger partial charge in [-0.3, -0.25) is 0 Å². The molecule has 106 valence electrons. The molecule has 1 aliphatic rings. The quantitative estimate of drug-likeness (QED) is 0.695. The molecule has 1 saturated heterocycles. The Morgan fingerprint density at radius 2 is 1.22 bits per heavy atom. The lowest BCUT2D eigenvalue weighted by Gasteiger charge is -2.16. The Labute approximate surface area is 107 Å². The van der Waals surface area contributed by atoms with E-state index < -0.39 is 6.10 Å². The summed E-state index contributed by atoms with van der Waals surface area (Å²) in [5.74, 6) is -0.0384. The lowest BCUT2D eigenvalue weighted by atomic mass is 10.3. The van der Waals surface area contributed by atoms with Crippen molar-refractivity contribution in [2.45, 2.75) is 6.10 Å². The summed E-state index contributed by atoms with van der Waals surface area (Å²) in [4.78, 5) is 0. The maximum absolute atomic E-state index is 9.34. The summed E-state index contributed by atoms with van der Waals surface area (Å²) in [6.45, 7) is 7.62. The SMILES string of the molecule is C=C(O)C1COCCOCCOCCOCCO1. The molecule has 6 nitrogen and oxygen atoms in total. The van der Waals surface area contributed by atoms with E-state index in [2.05, 4.69) is 6.58 Å². The molecule has 0 aliphatic carbocycles. The van der Waals surface area contributed by atoms with Crippen LogP contribution in [0.3, 0.4) is 0 Å². The first-order valence-corrected chi connectivity index (χ1v) is 6.11. The highest BCUT2D eigenvalue weighted by Crippen LogP contribution is 2.02. The largest absolute Gasteiger partial charge is 0.510 e. The van der Waals surface area contributed by atoms with Crippen molar-refractivity contribution in [2.24, 2.45) is 0 Å². The van der Waals surface area contributed by atoms with Crippen LogP contribution >= 0.6 is 0 Å². The third-order valence-corrected chi connectivity index (χ3v) is 2.30. The van der Waals surface area contributed by atoms with Crippen LogP contribution in [0.5, 0.6) is 0 Å². The van der Waals surface area contributed by atoms with Crippen LogP contribution in [0.1, 0.15) is 0 Å². The first-order valence-electron chi connectivity index (χ1n) is 6.11. The monoisotopic (exact) mass is 262 g/mol. The Kier molecular flexibility index (Phi) is 8.79. The molecular weight excluding hydrogens is 240 g/mol. The highest BCUT2D eigenvalue weighted by molar-refractivity contribution is 4.90. The number of hydrogen-bond donors (Lipinski definition) is 1. The minimum absolute atomic E-state index is 0.0384. The number of rotatable bonds is 1. The molecule has 0 aromatic heterocycles. The molecule has 0 radical (unpaired) electrons. The molecule has 1 N–H and O–H groups in total. The van der Waals surface area contributed by atoms with E-state index in [1.807, 2.05) is 0 Å². The Morgan fingerprint density at radius 3 is 1.72 bits per heavy atom. The average molecular weight is 262 g/mol. The summed E-state index contributed by atoms with van der Waals surface area (Å²) in [6, 6.07) is 0. The van der Waals surface area contributed by atoms with Crippen molar-refractivity contribution in [1.29, 1.82) is 0 Å². The lowest BCUT2D eigenvalue weighted by molar-refractivity contribution is -0.0437. The van der Waals surface area contributed by atoms with Crippen molar-refractivity contribution in [2.75, 3.05) is 59.5 Å². The zero-order valence-electron chi connectivity index (χ0n) is 10.6. The van der Waals surface area contributed by atoms with Crippen LogP contribution in [0.15, 0.2) is 12.3 Å². The summed E-state index contributed by atoms with van der Waals surface area (Å²) < 4.78 is 26.6. The van der Waals surface area contributed by atoms with E-state index >= 15 is 0 Å². The van der Waals surface area contributed by atoms with Crippen molar-refractivity contribution in [3.8, 4) is 0 Å². The molecule has 1 heterocycles. The molecule has 1 rings (SSSR count). The number of ether oxygens (including phenoxy) is 5. The molecule has 1 unspecified atom stereocenters. The Bertz CT molecular complexity index is 205. The minimum Gasteiger partial charge on any atom is -0.510 e. The van der Waals surface area contributed by atoms with Crippen LogP contribution < -0.4 is 0 Å². The highest BCUT2D eigenvalue weighted by atomic mass is 16.6. The van der Waals surface area contributed by atoms with Crippen LogP contribution in [-0.2, 0) is 23.7 Å². The topological polar surface area (TPSA) is 66.4 Å². The smallest absolute Gasteiger partial charge is 0.137 e. The number of hydrogen-bond acceptors (Lipinski definition) is 6. The van der Waals surface area contributed by atoms with Crippen molar-refractivity contribution in [1.82, 2.24) is 0 Å². The van der Waals surface area contributed by atoms with Gasteiger partial charge in [0.15, 0.2) is 0 Å². The lowest BCUT2D eigenvalue weighted by Crippen LogP contribution is -2.25. The zero-order valence-corrected chi connectivity index (χ0v) is 10.6. The molecule has 6 heteroatoms. The summed E-state index contributed by atoms with van der Waals surface area (Å²) in [5, 5.41) is 9.34. The first-order chi connectivity index (χ1) is 8.80. The van der Waals surface area contributed by atoms with E-state index in [-0.39, 0.29) is 12.4 Å². The van der Waals surface area contributed by atoms with E-state index in [1.165, 1.54) is 0 Å². The molecule has 1 aliphatic heterocycles. The van der Waals surface area contributed by atoms with E-state index in [0.29, 0.717) is 52.9 Å². The van der Waals surface area contributed by atoms with Gasteiger partial charge in [0.25, 0.3) is 0 Å². The maximum atomic E-state index is 9.34. The Morgan fingerprint density at radius 1 is 0.778 bits per heavy atom. The molecule has 0 spiro atoms. The summed E-state index contributed by atoms with van der Waals surface area (Å²) in [5.41, 5.74) is 0. The van der Waals surface area contributed by atoms with Crippen molar-refractivity contribution in [3.05, 3.63) is 12.3 Å². The van der Waals surface area contributed by atoms with Gasteiger partial charge in [-0.2, -0.15) is 0 Å². The second-order valence-corrected chi connectivity index (χ2v) is 3.76. The summed E-state index contributed by atoms with van der Waals surface area (Å²) in [7, 11) is 0. The van der Waals surface area contributed by atoms with Gasteiger partial charge in [0.2, 0.25) is 0 Å². The van der Waals surface area contributed by atoms with Crippen LogP contribution in [0, 0.1) is 0 Å². The van der Waals surface area contributed by atoms with E-state index in [1.54, 1.807) is 0 Å². The van der Waals surface area contributed by atoms with Gasteiger partial charge in [-0.15, -0.1) is 0 Å². The van der Waals surface area contributed by atoms with Gasteiger partial charge >= 0.3 is 0 Å². The normalized spacial score (nSPS) is 25.9. The fraction of sp³-hybridized carbons (Fsp3) is 0.833. The minimum atomic E-state index is -0.519. The van der Waals surface area contributed by atoms with Gasteiger partial charge < -0.3 is 28.8 Å². The van der Waals surface area contributed by atoms with Gasteiger partial charge in [-0.05, 0) is 0 Å². The van der Waals surface area contributed by atoms with Crippen LogP contribution in [-0.4, -0.2) is 70.7 Å². The second kappa shape index (κ2) is 10.3. The van der Waals surface area contributed by atoms with Crippen LogP contribution in [0.2, 0.25) is 0 Å². The van der Waals surface area contributed by atoms with Gasteiger partial charge in [0.05, 0.1) is 59.5 Å². The average Bonchev–Trinajstić information content (AvgIpc) is 2.36. The predicted molar refractivity (Wildman–Crippen MR) is 64.8 cm³/mol. The van der Waals surface area contributed by atoms with Gasteiger partial charge in [-0.25, -0.2) is 0 Å². The third kappa shape index (κ3) is 7.62. The molecule has 1 atom stereocenters. The predicted octanol–water partition coefficient (Wildman–Crippen LogP) is 0.523. The second-order valence-electron chi connectivity index (χ2n) is 3.76. The summed E-state index contributed by atoms with van der Waals surface area (Å²) in [6.07, 6.45) is -0.519. The Hall–Kier alpha value is -0.660. The fourth-order valence-corrected chi connectivity index (χ4v) is 1.34. The van der Waals surface area contributed by atoms with Gasteiger partial charge in [0, 0.05) is 0 Å².